The zero-order valence-corrected chi connectivity index (χ0v) is 29.2. The van der Waals surface area contributed by atoms with E-state index in [9.17, 15) is 9.90 Å². The molecular weight excluding hydrogens is 561 g/mol. The lowest BCUT2D eigenvalue weighted by atomic mass is 9.78. The highest BCUT2D eigenvalue weighted by molar-refractivity contribution is 7.99. The Morgan fingerprint density at radius 3 is 1.50 bits per heavy atom. The molecule has 0 aliphatic heterocycles. The summed E-state index contributed by atoms with van der Waals surface area (Å²) in [4.78, 5) is 27.6. The lowest BCUT2D eigenvalue weighted by Gasteiger charge is -2.28. The maximum Gasteiger partial charge on any atom is 0.258 e. The van der Waals surface area contributed by atoms with Gasteiger partial charge in [0.05, 0.1) is 0 Å². The van der Waals surface area contributed by atoms with E-state index in [0.717, 1.165) is 35.5 Å². The van der Waals surface area contributed by atoms with Crippen LogP contribution in [0.4, 0.5) is 5.95 Å². The number of thioether (sulfide) groups is 2. The average molecular weight is 617 g/mol. The molecule has 0 fully saturated rings. The molecular formula is C34H56N4O2S2. The molecule has 0 radical (unpaired) electrons. The molecule has 2 N–H and O–H groups in total. The number of hydrogen-bond acceptors (Lipinski definition) is 7. The minimum atomic E-state index is -0.325. The van der Waals surface area contributed by atoms with Gasteiger partial charge in [-0.25, -0.2) is 0 Å². The smallest absolute Gasteiger partial charge is 0.258 e. The summed E-state index contributed by atoms with van der Waals surface area (Å²) in [5.74, 6) is 2.16. The lowest BCUT2D eigenvalue weighted by Crippen LogP contribution is -2.21. The first-order valence-corrected chi connectivity index (χ1v) is 18.0. The Labute approximate surface area is 264 Å². The van der Waals surface area contributed by atoms with Gasteiger partial charge in [0.1, 0.15) is 5.75 Å². The van der Waals surface area contributed by atoms with Gasteiger partial charge in [0, 0.05) is 28.2 Å². The summed E-state index contributed by atoms with van der Waals surface area (Å²) in [7, 11) is 0. The Morgan fingerprint density at radius 2 is 1.10 bits per heavy atom. The monoisotopic (exact) mass is 616 g/mol. The van der Waals surface area contributed by atoms with Crippen molar-refractivity contribution in [3.8, 4) is 5.75 Å². The first-order valence-electron chi connectivity index (χ1n) is 16.1. The Bertz CT molecular complexity index is 1040. The van der Waals surface area contributed by atoms with Crippen molar-refractivity contribution in [1.82, 2.24) is 15.0 Å². The van der Waals surface area contributed by atoms with Gasteiger partial charge in [-0.3, -0.25) is 10.1 Å². The Kier molecular flexibility index (Phi) is 15.7. The average Bonchev–Trinajstić information content (AvgIpc) is 2.90. The molecule has 42 heavy (non-hydrogen) atoms. The summed E-state index contributed by atoms with van der Waals surface area (Å²) in [5.41, 5.74) is 1.34. The quantitative estimate of drug-likeness (QED) is 0.127. The maximum absolute atomic E-state index is 13.6. The zero-order valence-electron chi connectivity index (χ0n) is 27.6. The highest BCUT2D eigenvalue weighted by Crippen LogP contribution is 2.40. The third-order valence-corrected chi connectivity index (χ3v) is 9.13. The van der Waals surface area contributed by atoms with Crippen molar-refractivity contribution >= 4 is 35.4 Å². The third-order valence-electron chi connectivity index (χ3n) is 7.27. The standard InChI is InChI=1S/C34H56N4O2S2/c1-9-11-13-15-17-19-21-41-31-36-30(37-32(38-31)42-22-20-18-16-14-12-10-2)35-29(40)25-23-26(33(3,4)5)28(39)27(24-25)34(6,7)8/h23-24,39H,9-22H2,1-8H3,(H,35,36,37,38,40). The first kappa shape index (κ1) is 36.4. The molecule has 0 aliphatic rings. The largest absolute Gasteiger partial charge is 0.507 e. The summed E-state index contributed by atoms with van der Waals surface area (Å²) < 4.78 is 0. The number of phenolic OH excluding ortho intramolecular Hbond substituents is 1. The van der Waals surface area contributed by atoms with E-state index in [1.165, 1.54) is 64.2 Å². The molecule has 1 amide bonds. The topological polar surface area (TPSA) is 88.0 Å². The van der Waals surface area contributed by atoms with Crippen LogP contribution >= 0.6 is 23.5 Å². The van der Waals surface area contributed by atoms with Gasteiger partial charge in [-0.05, 0) is 35.8 Å². The number of anilines is 1. The summed E-state index contributed by atoms with van der Waals surface area (Å²) in [6, 6.07) is 3.59. The van der Waals surface area contributed by atoms with Crippen molar-refractivity contribution < 1.29 is 9.90 Å². The second-order valence-electron chi connectivity index (χ2n) is 13.3. The van der Waals surface area contributed by atoms with Gasteiger partial charge in [0.25, 0.3) is 5.91 Å². The fourth-order valence-corrected chi connectivity index (χ4v) is 6.42. The molecule has 0 unspecified atom stereocenters. The summed E-state index contributed by atoms with van der Waals surface area (Å²) in [5, 5.41) is 15.4. The number of aromatic nitrogens is 3. The number of amides is 1. The van der Waals surface area contributed by atoms with Crippen LogP contribution in [0.3, 0.4) is 0 Å². The number of phenols is 1. The number of carbonyl (C=O) groups is 1. The molecule has 0 saturated heterocycles. The van der Waals surface area contributed by atoms with Crippen molar-refractivity contribution in [2.24, 2.45) is 0 Å². The van der Waals surface area contributed by atoms with E-state index in [0.29, 0.717) is 15.9 Å². The van der Waals surface area contributed by atoms with E-state index >= 15 is 0 Å². The van der Waals surface area contributed by atoms with Gasteiger partial charge in [-0.1, -0.05) is 143 Å². The normalized spacial score (nSPS) is 12.1. The van der Waals surface area contributed by atoms with Crippen LogP contribution in [-0.2, 0) is 10.8 Å². The number of carbonyl (C=O) groups excluding carboxylic acids is 1. The van der Waals surface area contributed by atoms with Crippen molar-refractivity contribution in [3.63, 3.8) is 0 Å². The Morgan fingerprint density at radius 1 is 0.690 bits per heavy atom. The van der Waals surface area contributed by atoms with Crippen LogP contribution in [0.2, 0.25) is 0 Å². The predicted molar refractivity (Wildman–Crippen MR) is 181 cm³/mol. The van der Waals surface area contributed by atoms with Gasteiger partial charge in [-0.15, -0.1) is 0 Å². The van der Waals surface area contributed by atoms with Crippen LogP contribution in [0.1, 0.15) is 154 Å². The van der Waals surface area contributed by atoms with Gasteiger partial charge < -0.3 is 5.11 Å². The van der Waals surface area contributed by atoms with Gasteiger partial charge in [0.15, 0.2) is 10.3 Å². The van der Waals surface area contributed by atoms with Gasteiger partial charge in [0.2, 0.25) is 5.95 Å². The minimum Gasteiger partial charge on any atom is -0.507 e. The number of unbranched alkanes of at least 4 members (excludes halogenated alkanes) is 10. The highest BCUT2D eigenvalue weighted by Gasteiger charge is 2.28. The number of nitrogens with zero attached hydrogens (tertiary/aromatic N) is 3. The molecule has 0 bridgehead atoms. The molecule has 0 spiro atoms. The molecule has 2 rings (SSSR count). The number of aromatic hydroxyl groups is 1. The predicted octanol–water partition coefficient (Wildman–Crippen LogP) is 10.3. The Hall–Kier alpha value is -1.80. The van der Waals surface area contributed by atoms with Crippen molar-refractivity contribution in [2.75, 3.05) is 16.8 Å². The fourth-order valence-electron chi connectivity index (χ4n) is 4.70. The van der Waals surface area contributed by atoms with Crippen molar-refractivity contribution in [2.45, 2.75) is 154 Å². The zero-order chi connectivity index (χ0) is 31.2. The molecule has 2 aromatic rings. The number of benzene rings is 1. The SMILES string of the molecule is CCCCCCCCSc1nc(NC(=O)c2cc(C(C)(C)C)c(O)c(C(C)(C)C)c2)nc(SCCCCCCCC)n1. The number of hydrogen-bond donors (Lipinski definition) is 2. The van der Waals surface area contributed by atoms with Crippen LogP contribution in [0.25, 0.3) is 0 Å². The Balaban J connectivity index is 2.22. The molecule has 1 heterocycles. The van der Waals surface area contributed by atoms with E-state index in [1.807, 2.05) is 41.5 Å². The second kappa shape index (κ2) is 18.1. The summed E-state index contributed by atoms with van der Waals surface area (Å²) >= 11 is 3.28. The molecule has 0 saturated carbocycles. The molecule has 6 nitrogen and oxygen atoms in total. The third kappa shape index (κ3) is 12.8. The molecule has 0 atom stereocenters. The summed E-state index contributed by atoms with van der Waals surface area (Å²) in [6.45, 7) is 16.7. The van der Waals surface area contributed by atoms with E-state index in [2.05, 4.69) is 29.1 Å². The lowest BCUT2D eigenvalue weighted by molar-refractivity contribution is 0.102. The second-order valence-corrected chi connectivity index (χ2v) is 15.5. The van der Waals surface area contributed by atoms with Crippen LogP contribution in [0.5, 0.6) is 5.75 Å². The van der Waals surface area contributed by atoms with Gasteiger partial charge in [-0.2, -0.15) is 15.0 Å². The van der Waals surface area contributed by atoms with E-state index < -0.39 is 0 Å². The highest BCUT2D eigenvalue weighted by atomic mass is 32.2. The van der Waals surface area contributed by atoms with Crippen LogP contribution in [0.15, 0.2) is 22.4 Å². The summed E-state index contributed by atoms with van der Waals surface area (Å²) in [6.07, 6.45) is 14.9. The molecule has 0 aliphatic carbocycles. The molecule has 1 aromatic heterocycles. The number of nitrogens with one attached hydrogen (secondary N) is 1. The fraction of sp³-hybridized carbons (Fsp3) is 0.706. The molecule has 1 aromatic carbocycles. The molecule has 236 valence electrons. The minimum absolute atomic E-state index is 0.258. The van der Waals surface area contributed by atoms with Crippen LogP contribution < -0.4 is 5.32 Å². The van der Waals surface area contributed by atoms with E-state index in [1.54, 1.807) is 35.7 Å². The van der Waals surface area contributed by atoms with Gasteiger partial charge >= 0.3 is 0 Å². The van der Waals surface area contributed by atoms with Crippen LogP contribution in [0, 0.1) is 0 Å². The number of rotatable bonds is 18. The molecule has 8 heteroatoms. The first-order chi connectivity index (χ1) is 19.9. The van der Waals surface area contributed by atoms with Crippen LogP contribution in [-0.4, -0.2) is 37.5 Å². The van der Waals surface area contributed by atoms with E-state index in [4.69, 9.17) is 4.98 Å². The maximum atomic E-state index is 13.6. The van der Waals surface area contributed by atoms with Crippen molar-refractivity contribution in [3.05, 3.63) is 28.8 Å². The van der Waals surface area contributed by atoms with E-state index in [-0.39, 0.29) is 28.4 Å². The van der Waals surface area contributed by atoms with Crippen molar-refractivity contribution in [1.29, 1.82) is 0 Å².